The first kappa shape index (κ1) is 22.4. The summed E-state index contributed by atoms with van der Waals surface area (Å²) in [5, 5.41) is 23.6. The minimum atomic E-state index is -0.328. The molecule has 0 aliphatic carbocycles. The smallest absolute Gasteiger partial charge is 0.234 e. The number of rotatable bonds is 7. The quantitative estimate of drug-likeness (QED) is 0.347. The van der Waals surface area contributed by atoms with E-state index in [4.69, 9.17) is 0 Å². The lowest BCUT2D eigenvalue weighted by Gasteiger charge is -2.11. The van der Waals surface area contributed by atoms with E-state index in [0.29, 0.717) is 28.1 Å². The molecule has 11 heteroatoms. The number of benzene rings is 3. The van der Waals surface area contributed by atoms with Crippen LogP contribution in [0.3, 0.4) is 0 Å². The highest BCUT2D eigenvalue weighted by atomic mass is 32.2. The second-order valence-electron chi connectivity index (χ2n) is 7.53. The predicted molar refractivity (Wildman–Crippen MR) is 130 cm³/mol. The van der Waals surface area contributed by atoms with Crippen molar-refractivity contribution >= 4 is 23.4 Å². The van der Waals surface area contributed by atoms with Crippen LogP contribution in [0.15, 0.2) is 84.0 Å². The number of thioether (sulfide) groups is 1. The largest absolute Gasteiger partial charge is 0.325 e. The summed E-state index contributed by atoms with van der Waals surface area (Å²) in [6.07, 6.45) is 0. The van der Waals surface area contributed by atoms with Gasteiger partial charge in [-0.15, -0.1) is 15.3 Å². The van der Waals surface area contributed by atoms with E-state index < -0.39 is 0 Å². The Morgan fingerprint density at radius 2 is 1.71 bits per heavy atom. The minimum absolute atomic E-state index is 0.115. The molecule has 0 spiro atoms. The third-order valence-electron chi connectivity index (χ3n) is 5.11. The lowest BCUT2D eigenvalue weighted by molar-refractivity contribution is -0.113. The van der Waals surface area contributed by atoms with E-state index in [1.807, 2.05) is 53.1 Å². The van der Waals surface area contributed by atoms with Crippen LogP contribution >= 0.6 is 11.8 Å². The summed E-state index contributed by atoms with van der Waals surface area (Å²) in [6, 6.07) is 23.0. The Balaban J connectivity index is 1.35. The molecule has 0 saturated carbocycles. The Bertz CT molecular complexity index is 1470. The summed E-state index contributed by atoms with van der Waals surface area (Å²) in [7, 11) is 1.75. The van der Waals surface area contributed by atoms with Crippen molar-refractivity contribution in [1.82, 2.24) is 35.0 Å². The van der Waals surface area contributed by atoms with Crippen molar-refractivity contribution in [1.29, 1.82) is 0 Å². The van der Waals surface area contributed by atoms with Gasteiger partial charge >= 0.3 is 0 Å². The summed E-state index contributed by atoms with van der Waals surface area (Å²) < 4.78 is 16.9. The van der Waals surface area contributed by atoms with Crippen LogP contribution < -0.4 is 5.32 Å². The van der Waals surface area contributed by atoms with Crippen molar-refractivity contribution in [3.63, 3.8) is 0 Å². The molecular weight excluding hydrogens is 467 g/mol. The molecule has 2 heterocycles. The fourth-order valence-electron chi connectivity index (χ4n) is 3.50. The standard InChI is InChI=1S/C24H19FN8OS/c1-32-22(28-30-31-32)17-6-5-7-19(14-17)26-21(34)15-35-24-29-27-23(16-10-12-18(25)13-11-16)33(24)20-8-3-2-4-9-20/h2-14H,15H2,1H3,(H,26,34). The van der Waals surface area contributed by atoms with Crippen molar-refractivity contribution in [2.24, 2.45) is 7.05 Å². The van der Waals surface area contributed by atoms with Crippen LogP contribution in [-0.2, 0) is 11.8 Å². The van der Waals surface area contributed by atoms with Gasteiger partial charge in [0, 0.05) is 29.5 Å². The maximum Gasteiger partial charge on any atom is 0.234 e. The van der Waals surface area contributed by atoms with Crippen LogP contribution in [0, 0.1) is 5.82 Å². The molecule has 0 saturated heterocycles. The fraction of sp³-hybridized carbons (Fsp3) is 0.0833. The molecule has 3 aromatic carbocycles. The van der Waals surface area contributed by atoms with E-state index in [-0.39, 0.29) is 17.5 Å². The molecule has 5 aromatic rings. The molecule has 1 amide bonds. The number of amides is 1. The van der Waals surface area contributed by atoms with Gasteiger partial charge in [-0.25, -0.2) is 9.07 Å². The van der Waals surface area contributed by atoms with Crippen molar-refractivity contribution < 1.29 is 9.18 Å². The van der Waals surface area contributed by atoms with Crippen LogP contribution in [0.4, 0.5) is 10.1 Å². The third kappa shape index (κ3) is 4.94. The number of aryl methyl sites for hydroxylation is 1. The summed E-state index contributed by atoms with van der Waals surface area (Å²) >= 11 is 1.26. The lowest BCUT2D eigenvalue weighted by atomic mass is 10.2. The van der Waals surface area contributed by atoms with Gasteiger partial charge in [0.1, 0.15) is 5.82 Å². The van der Waals surface area contributed by atoms with Crippen molar-refractivity contribution in [3.05, 3.63) is 84.7 Å². The molecule has 0 fully saturated rings. The highest BCUT2D eigenvalue weighted by molar-refractivity contribution is 7.99. The highest BCUT2D eigenvalue weighted by Crippen LogP contribution is 2.28. The van der Waals surface area contributed by atoms with E-state index in [9.17, 15) is 9.18 Å². The first-order chi connectivity index (χ1) is 17.1. The fourth-order valence-corrected chi connectivity index (χ4v) is 4.25. The van der Waals surface area contributed by atoms with Crippen LogP contribution in [-0.4, -0.2) is 46.6 Å². The summed E-state index contributed by atoms with van der Waals surface area (Å²) in [5.74, 6) is 0.743. The predicted octanol–water partition coefficient (Wildman–Crippen LogP) is 3.99. The number of nitrogens with one attached hydrogen (secondary N) is 1. The number of hydrogen-bond acceptors (Lipinski definition) is 7. The minimum Gasteiger partial charge on any atom is -0.325 e. The van der Waals surface area contributed by atoms with Gasteiger partial charge in [-0.3, -0.25) is 9.36 Å². The highest BCUT2D eigenvalue weighted by Gasteiger charge is 2.17. The summed E-state index contributed by atoms with van der Waals surface area (Å²) in [4.78, 5) is 12.7. The molecule has 0 unspecified atom stereocenters. The van der Waals surface area contributed by atoms with Crippen LogP contribution in [0.5, 0.6) is 0 Å². The Morgan fingerprint density at radius 1 is 0.914 bits per heavy atom. The number of halogens is 1. The summed E-state index contributed by atoms with van der Waals surface area (Å²) in [6.45, 7) is 0. The van der Waals surface area contributed by atoms with Gasteiger partial charge in [-0.2, -0.15) is 0 Å². The molecule has 5 rings (SSSR count). The van der Waals surface area contributed by atoms with Gasteiger partial charge in [-0.05, 0) is 59.0 Å². The number of hydrogen-bond donors (Lipinski definition) is 1. The van der Waals surface area contributed by atoms with Crippen LogP contribution in [0.25, 0.3) is 28.5 Å². The van der Waals surface area contributed by atoms with E-state index in [1.54, 1.807) is 29.9 Å². The SMILES string of the molecule is Cn1nnnc1-c1cccc(NC(=O)CSc2nnc(-c3ccc(F)cc3)n2-c2ccccc2)c1. The number of anilines is 1. The van der Waals surface area contributed by atoms with Crippen molar-refractivity contribution in [3.8, 4) is 28.5 Å². The van der Waals surface area contributed by atoms with E-state index in [2.05, 4.69) is 31.0 Å². The van der Waals surface area contributed by atoms with E-state index in [0.717, 1.165) is 11.3 Å². The zero-order valence-electron chi connectivity index (χ0n) is 18.5. The van der Waals surface area contributed by atoms with Crippen molar-refractivity contribution in [2.75, 3.05) is 11.1 Å². The number of para-hydroxylation sites is 1. The number of aromatic nitrogens is 7. The number of nitrogens with zero attached hydrogens (tertiary/aromatic N) is 7. The number of carbonyl (C=O) groups is 1. The zero-order chi connectivity index (χ0) is 24.2. The molecule has 0 atom stereocenters. The molecule has 2 aromatic heterocycles. The normalized spacial score (nSPS) is 10.9. The van der Waals surface area contributed by atoms with Gasteiger partial charge < -0.3 is 5.32 Å². The third-order valence-corrected chi connectivity index (χ3v) is 6.04. The van der Waals surface area contributed by atoms with Gasteiger partial charge in [0.15, 0.2) is 16.8 Å². The number of carbonyl (C=O) groups excluding carboxylic acids is 1. The van der Waals surface area contributed by atoms with Crippen LogP contribution in [0.2, 0.25) is 0 Å². The Kier molecular flexibility index (Phi) is 6.31. The zero-order valence-corrected chi connectivity index (χ0v) is 19.4. The number of tetrazole rings is 1. The average molecular weight is 487 g/mol. The molecule has 0 radical (unpaired) electrons. The maximum atomic E-state index is 13.4. The maximum absolute atomic E-state index is 13.4. The second kappa shape index (κ2) is 9.85. The first-order valence-corrected chi connectivity index (χ1v) is 11.6. The van der Waals surface area contributed by atoms with Gasteiger partial charge in [0.25, 0.3) is 0 Å². The molecular formula is C24H19FN8OS. The Morgan fingerprint density at radius 3 is 2.46 bits per heavy atom. The van der Waals surface area contributed by atoms with Crippen LogP contribution in [0.1, 0.15) is 0 Å². The van der Waals surface area contributed by atoms with E-state index >= 15 is 0 Å². The molecule has 0 aliphatic heterocycles. The molecule has 0 aliphatic rings. The molecule has 9 nitrogen and oxygen atoms in total. The molecule has 0 bridgehead atoms. The molecule has 1 N–H and O–H groups in total. The second-order valence-corrected chi connectivity index (χ2v) is 8.47. The molecule has 174 valence electrons. The van der Waals surface area contributed by atoms with E-state index in [1.165, 1.54) is 23.9 Å². The monoisotopic (exact) mass is 486 g/mol. The molecule has 35 heavy (non-hydrogen) atoms. The Labute approximate surface area is 204 Å². The Hall–Kier alpha value is -4.38. The van der Waals surface area contributed by atoms with Gasteiger partial charge in [0.2, 0.25) is 5.91 Å². The average Bonchev–Trinajstić information content (AvgIpc) is 3.50. The topological polar surface area (TPSA) is 103 Å². The summed E-state index contributed by atoms with van der Waals surface area (Å²) in [5.41, 5.74) is 2.97. The lowest BCUT2D eigenvalue weighted by Crippen LogP contribution is -2.14. The van der Waals surface area contributed by atoms with Gasteiger partial charge in [-0.1, -0.05) is 42.1 Å². The van der Waals surface area contributed by atoms with Gasteiger partial charge in [0.05, 0.1) is 5.75 Å². The first-order valence-electron chi connectivity index (χ1n) is 10.6. The van der Waals surface area contributed by atoms with Crippen molar-refractivity contribution in [2.45, 2.75) is 5.16 Å².